The van der Waals surface area contributed by atoms with Crippen LogP contribution in [0.15, 0.2) is 24.4 Å². The number of hydrogen-bond acceptors (Lipinski definition) is 4. The number of benzene rings is 1. The molecule has 0 saturated carbocycles. The molecule has 1 N–H and O–H groups in total. The van der Waals surface area contributed by atoms with Gasteiger partial charge in [0, 0.05) is 37.7 Å². The van der Waals surface area contributed by atoms with Crippen LogP contribution in [0.5, 0.6) is 0 Å². The zero-order valence-corrected chi connectivity index (χ0v) is 17.5. The van der Waals surface area contributed by atoms with E-state index in [1.165, 1.54) is 12.3 Å². The maximum Gasteiger partial charge on any atom is 0.416 e. The fraction of sp³-hybridized carbons (Fsp3) is 0.421. The van der Waals surface area contributed by atoms with Crippen LogP contribution in [-0.2, 0) is 12.7 Å². The molecule has 2 aliphatic heterocycles. The molecule has 2 atom stereocenters. The van der Waals surface area contributed by atoms with Gasteiger partial charge in [0.05, 0.1) is 16.8 Å². The second-order valence-corrected chi connectivity index (χ2v) is 8.67. The molecule has 0 bridgehead atoms. The van der Waals surface area contributed by atoms with Gasteiger partial charge in [-0.1, -0.05) is 23.2 Å². The topological polar surface area (TPSA) is 78.7 Å². The van der Waals surface area contributed by atoms with Gasteiger partial charge in [-0.3, -0.25) is 4.90 Å². The molecule has 0 aliphatic carbocycles. The average molecular weight is 477 g/mol. The number of carboxylic acid groups (broad SMARTS) is 1. The van der Waals surface area contributed by atoms with Crippen molar-refractivity contribution in [2.75, 3.05) is 26.2 Å². The minimum absolute atomic E-state index is 0.0413. The van der Waals surface area contributed by atoms with Crippen LogP contribution in [0, 0.1) is 11.8 Å². The molecule has 166 valence electrons. The van der Waals surface area contributed by atoms with Crippen LogP contribution in [-0.4, -0.2) is 62.9 Å². The van der Waals surface area contributed by atoms with Gasteiger partial charge < -0.3 is 10.0 Å². The SMILES string of the molecule is O=C(O)c1nn(C(=O)N2CC3CN(Cc4cc(Cl)cc(C(F)(F)F)c4)CC3C2)cc1Cl. The van der Waals surface area contributed by atoms with E-state index in [-0.39, 0.29) is 27.6 Å². The van der Waals surface area contributed by atoms with Gasteiger partial charge in [-0.2, -0.15) is 23.0 Å². The van der Waals surface area contributed by atoms with E-state index in [2.05, 4.69) is 10.00 Å². The number of fused-ring (bicyclic) bond motifs is 1. The summed E-state index contributed by atoms with van der Waals surface area (Å²) < 4.78 is 40.0. The molecule has 0 spiro atoms. The number of aromatic carboxylic acids is 1. The van der Waals surface area contributed by atoms with E-state index >= 15 is 0 Å². The Labute approximate surface area is 184 Å². The van der Waals surface area contributed by atoms with Crippen LogP contribution in [0.4, 0.5) is 18.0 Å². The number of amides is 1. The molecule has 2 unspecified atom stereocenters. The smallest absolute Gasteiger partial charge is 0.416 e. The van der Waals surface area contributed by atoms with Gasteiger partial charge in [0.15, 0.2) is 5.69 Å². The van der Waals surface area contributed by atoms with Crippen LogP contribution < -0.4 is 0 Å². The summed E-state index contributed by atoms with van der Waals surface area (Å²) >= 11 is 11.7. The van der Waals surface area contributed by atoms with Crippen molar-refractivity contribution in [2.45, 2.75) is 12.7 Å². The molecule has 2 aliphatic rings. The van der Waals surface area contributed by atoms with Gasteiger partial charge in [0.2, 0.25) is 0 Å². The molecule has 1 aromatic heterocycles. The highest BCUT2D eigenvalue weighted by Crippen LogP contribution is 2.35. The number of aromatic nitrogens is 2. The standard InChI is InChI=1S/C19H17Cl2F3N4O3/c20-14-2-10(1-13(3-14)19(22,23)24)4-26-5-11-7-27(8-12(11)6-26)18(31)28-9-15(21)16(25-28)17(29)30/h1-3,9,11-12H,4-8H2,(H,29,30). The van der Waals surface area contributed by atoms with Crippen molar-refractivity contribution in [1.82, 2.24) is 19.6 Å². The first-order chi connectivity index (χ1) is 14.5. The summed E-state index contributed by atoms with van der Waals surface area (Å²) in [6.07, 6.45) is -3.29. The van der Waals surface area contributed by atoms with Gasteiger partial charge in [-0.05, 0) is 35.6 Å². The van der Waals surface area contributed by atoms with E-state index in [9.17, 15) is 22.8 Å². The lowest BCUT2D eigenvalue weighted by molar-refractivity contribution is -0.137. The molecule has 3 heterocycles. The largest absolute Gasteiger partial charge is 0.476 e. The molecule has 2 saturated heterocycles. The fourth-order valence-electron chi connectivity index (χ4n) is 4.28. The van der Waals surface area contributed by atoms with Gasteiger partial charge in [0.25, 0.3) is 0 Å². The summed E-state index contributed by atoms with van der Waals surface area (Å²) in [5, 5.41) is 12.7. The molecule has 1 amide bonds. The lowest BCUT2D eigenvalue weighted by Crippen LogP contribution is -2.36. The highest BCUT2D eigenvalue weighted by molar-refractivity contribution is 6.33. The van der Waals surface area contributed by atoms with Crippen LogP contribution >= 0.6 is 23.2 Å². The summed E-state index contributed by atoms with van der Waals surface area (Å²) in [4.78, 5) is 27.3. The number of rotatable bonds is 3. The first-order valence-corrected chi connectivity index (χ1v) is 10.1. The Bertz CT molecular complexity index is 1030. The maximum atomic E-state index is 13.0. The molecule has 1 aromatic carbocycles. The summed E-state index contributed by atoms with van der Waals surface area (Å²) in [6.45, 7) is 2.49. The van der Waals surface area contributed by atoms with Gasteiger partial charge in [0.1, 0.15) is 0 Å². The normalized spacial score (nSPS) is 21.5. The number of alkyl halides is 3. The summed E-state index contributed by atoms with van der Waals surface area (Å²) in [6, 6.07) is 3.09. The van der Waals surface area contributed by atoms with Crippen molar-refractivity contribution in [2.24, 2.45) is 11.8 Å². The molecule has 12 heteroatoms. The monoisotopic (exact) mass is 476 g/mol. The van der Waals surface area contributed by atoms with Crippen molar-refractivity contribution in [1.29, 1.82) is 0 Å². The third-order valence-electron chi connectivity index (χ3n) is 5.59. The van der Waals surface area contributed by atoms with Crippen LogP contribution in [0.25, 0.3) is 0 Å². The zero-order chi connectivity index (χ0) is 22.5. The van der Waals surface area contributed by atoms with E-state index in [1.54, 1.807) is 4.90 Å². The number of carboxylic acids is 1. The van der Waals surface area contributed by atoms with Gasteiger partial charge in [-0.15, -0.1) is 0 Å². The summed E-state index contributed by atoms with van der Waals surface area (Å²) in [7, 11) is 0. The van der Waals surface area contributed by atoms with Crippen LogP contribution in [0.3, 0.4) is 0 Å². The summed E-state index contributed by atoms with van der Waals surface area (Å²) in [5.74, 6) is -0.995. The molecule has 7 nitrogen and oxygen atoms in total. The molecular formula is C19H17Cl2F3N4O3. The van der Waals surface area contributed by atoms with Crippen LogP contribution in [0.1, 0.15) is 21.6 Å². The molecule has 4 rings (SSSR count). The maximum absolute atomic E-state index is 13.0. The number of likely N-dealkylation sites (tertiary alicyclic amines) is 2. The lowest BCUT2D eigenvalue weighted by atomic mass is 10.0. The van der Waals surface area contributed by atoms with Crippen molar-refractivity contribution in [3.8, 4) is 0 Å². The molecule has 2 aromatic rings. The van der Waals surface area contributed by atoms with Crippen LogP contribution in [0.2, 0.25) is 10.0 Å². The van der Waals surface area contributed by atoms with Crippen molar-refractivity contribution in [3.63, 3.8) is 0 Å². The highest BCUT2D eigenvalue weighted by Gasteiger charge is 2.42. The van der Waals surface area contributed by atoms with Crippen molar-refractivity contribution in [3.05, 3.63) is 51.3 Å². The van der Waals surface area contributed by atoms with E-state index in [0.717, 1.165) is 16.8 Å². The van der Waals surface area contributed by atoms with E-state index in [0.29, 0.717) is 38.3 Å². The lowest BCUT2D eigenvalue weighted by Gasteiger charge is -2.22. The molecule has 0 radical (unpaired) electrons. The Kier molecular flexibility index (Phi) is 5.65. The average Bonchev–Trinajstić information content (AvgIpc) is 3.32. The molecular weight excluding hydrogens is 460 g/mol. The highest BCUT2D eigenvalue weighted by atomic mass is 35.5. The van der Waals surface area contributed by atoms with E-state index in [1.807, 2.05) is 0 Å². The Morgan fingerprint density at radius 3 is 2.29 bits per heavy atom. The summed E-state index contributed by atoms with van der Waals surface area (Å²) in [5.41, 5.74) is -0.676. The Balaban J connectivity index is 1.39. The number of nitrogens with zero attached hydrogens (tertiary/aromatic N) is 4. The second kappa shape index (κ2) is 7.99. The Morgan fingerprint density at radius 2 is 1.74 bits per heavy atom. The fourth-order valence-corrected chi connectivity index (χ4v) is 4.75. The third-order valence-corrected chi connectivity index (χ3v) is 6.09. The van der Waals surface area contributed by atoms with Gasteiger partial charge >= 0.3 is 18.2 Å². The molecule has 2 fully saturated rings. The first kappa shape index (κ1) is 21.9. The number of carbonyl (C=O) groups is 2. The Hall–Kier alpha value is -2.30. The minimum Gasteiger partial charge on any atom is -0.476 e. The minimum atomic E-state index is -4.46. The quantitative estimate of drug-likeness (QED) is 0.725. The third kappa shape index (κ3) is 4.51. The first-order valence-electron chi connectivity index (χ1n) is 9.38. The zero-order valence-electron chi connectivity index (χ0n) is 15.9. The predicted octanol–water partition coefficient (Wildman–Crippen LogP) is 3.94. The van der Waals surface area contributed by atoms with Crippen molar-refractivity contribution < 1.29 is 27.9 Å². The Morgan fingerprint density at radius 1 is 1.10 bits per heavy atom. The second-order valence-electron chi connectivity index (χ2n) is 7.82. The van der Waals surface area contributed by atoms with Gasteiger partial charge in [-0.25, -0.2) is 9.59 Å². The molecule has 31 heavy (non-hydrogen) atoms. The van der Waals surface area contributed by atoms with E-state index < -0.39 is 23.7 Å². The predicted molar refractivity (Wildman–Crippen MR) is 105 cm³/mol. The van der Waals surface area contributed by atoms with Crippen molar-refractivity contribution >= 4 is 35.2 Å². The number of halogens is 5. The number of hydrogen-bond donors (Lipinski definition) is 1. The van der Waals surface area contributed by atoms with E-state index in [4.69, 9.17) is 28.3 Å². The number of carbonyl (C=O) groups excluding carboxylic acids is 1.